The van der Waals surface area contributed by atoms with E-state index in [-0.39, 0.29) is 0 Å². The molecule has 0 unspecified atom stereocenters. The van der Waals surface area contributed by atoms with E-state index in [0.29, 0.717) is 10.2 Å². The predicted octanol–water partition coefficient (Wildman–Crippen LogP) is 2.56. The zero-order valence-electron chi connectivity index (χ0n) is 8.90. The van der Waals surface area contributed by atoms with Crippen LogP contribution < -0.4 is 4.90 Å². The molecule has 1 aromatic heterocycles. The Hall–Kier alpha value is -0.990. The van der Waals surface area contributed by atoms with Crippen LogP contribution in [0.2, 0.25) is 0 Å². The van der Waals surface area contributed by atoms with Crippen molar-refractivity contribution < 1.29 is 0 Å². The number of aromatic amines is 1. The second-order valence-electron chi connectivity index (χ2n) is 3.63. The van der Waals surface area contributed by atoms with Crippen molar-refractivity contribution in [1.82, 2.24) is 4.98 Å². The molecule has 0 spiro atoms. The smallest absolute Gasteiger partial charge is 0.123 e. The molecule has 5 heteroatoms. The molecule has 0 atom stereocenters. The Labute approximate surface area is 104 Å². The summed E-state index contributed by atoms with van der Waals surface area (Å²) in [4.78, 5) is 5.17. The monoisotopic (exact) mass is 251 g/mol. The minimum atomic E-state index is 0.539. The number of nitrogens with zero attached hydrogens (tertiary/aromatic N) is 2. The molecule has 2 heterocycles. The molecule has 0 radical (unpaired) electrons. The highest BCUT2D eigenvalue weighted by atomic mass is 32.2. The number of anilines is 1. The summed E-state index contributed by atoms with van der Waals surface area (Å²) in [7, 11) is 0. The number of nitrogens with one attached hydrogen (secondary N) is 1. The van der Waals surface area contributed by atoms with E-state index in [1.807, 2.05) is 24.0 Å². The Balaban J connectivity index is 2.35. The van der Waals surface area contributed by atoms with Gasteiger partial charge >= 0.3 is 0 Å². The van der Waals surface area contributed by atoms with Gasteiger partial charge in [0.05, 0.1) is 5.69 Å². The second-order valence-corrected chi connectivity index (χ2v) is 5.26. The quantitative estimate of drug-likeness (QED) is 0.779. The van der Waals surface area contributed by atoms with Crippen molar-refractivity contribution in [3.63, 3.8) is 0 Å². The molecule has 1 N–H and O–H groups in total. The molecule has 16 heavy (non-hydrogen) atoms. The largest absolute Gasteiger partial charge is 0.369 e. The van der Waals surface area contributed by atoms with E-state index in [4.69, 9.17) is 17.5 Å². The fraction of sp³-hybridized carbons (Fsp3) is 0.455. The first-order chi connectivity index (χ1) is 7.83. The molecule has 0 amide bonds. The minimum absolute atomic E-state index is 0.539. The molecule has 0 aromatic carbocycles. The summed E-state index contributed by atoms with van der Waals surface area (Å²) < 4.78 is 0.539. The topological polar surface area (TPSA) is 42.8 Å². The molecule has 1 fully saturated rings. The van der Waals surface area contributed by atoms with E-state index >= 15 is 0 Å². The lowest BCUT2D eigenvalue weighted by atomic mass is 10.2. The zero-order chi connectivity index (χ0) is 11.4. The van der Waals surface area contributed by atoms with Crippen LogP contribution in [0, 0.1) is 16.0 Å². The Kier molecular flexibility index (Phi) is 3.86. The summed E-state index contributed by atoms with van der Waals surface area (Å²) in [6, 6.07) is 4.15. The average Bonchev–Trinajstić information content (AvgIpc) is 2.57. The Morgan fingerprint density at radius 3 is 3.12 bits per heavy atom. The first-order valence-electron chi connectivity index (χ1n) is 5.27. The van der Waals surface area contributed by atoms with Gasteiger partial charge in [-0.05, 0) is 18.2 Å². The van der Waals surface area contributed by atoms with Gasteiger partial charge in [0.1, 0.15) is 16.3 Å². The van der Waals surface area contributed by atoms with E-state index in [9.17, 15) is 0 Å². The van der Waals surface area contributed by atoms with Gasteiger partial charge in [0, 0.05) is 25.0 Å². The molecule has 0 saturated carbocycles. The lowest BCUT2D eigenvalue weighted by molar-refractivity contribution is 0.813. The Morgan fingerprint density at radius 1 is 1.44 bits per heavy atom. The van der Waals surface area contributed by atoms with Crippen molar-refractivity contribution in [2.75, 3.05) is 29.5 Å². The number of aromatic nitrogens is 1. The molecule has 1 aliphatic rings. The summed E-state index contributed by atoms with van der Waals surface area (Å²) in [5.74, 6) is 2.33. The zero-order valence-corrected chi connectivity index (χ0v) is 10.5. The number of nitriles is 1. The first-order valence-corrected chi connectivity index (χ1v) is 6.83. The van der Waals surface area contributed by atoms with Gasteiger partial charge < -0.3 is 9.88 Å². The molecular formula is C11H13N3S2. The maximum absolute atomic E-state index is 9.13. The van der Waals surface area contributed by atoms with Crippen molar-refractivity contribution in [2.45, 2.75) is 6.42 Å². The van der Waals surface area contributed by atoms with Crippen molar-refractivity contribution >= 4 is 29.7 Å². The third-order valence-electron chi connectivity index (χ3n) is 2.61. The third kappa shape index (κ3) is 2.39. The minimum Gasteiger partial charge on any atom is -0.369 e. The highest BCUT2D eigenvalue weighted by Crippen LogP contribution is 2.22. The molecule has 0 bridgehead atoms. The SMILES string of the molecule is N#Cc1c(N2CCCSCC2)cc[nH]c1=S. The molecule has 84 valence electrons. The maximum Gasteiger partial charge on any atom is 0.123 e. The van der Waals surface area contributed by atoms with E-state index in [1.54, 1.807) is 0 Å². The van der Waals surface area contributed by atoms with Crippen LogP contribution in [-0.4, -0.2) is 29.6 Å². The van der Waals surface area contributed by atoms with Crippen LogP contribution in [0.1, 0.15) is 12.0 Å². The van der Waals surface area contributed by atoms with Crippen LogP contribution in [0.4, 0.5) is 5.69 Å². The van der Waals surface area contributed by atoms with Crippen LogP contribution in [0.3, 0.4) is 0 Å². The van der Waals surface area contributed by atoms with Gasteiger partial charge in [-0.3, -0.25) is 0 Å². The summed E-state index contributed by atoms with van der Waals surface area (Å²) >= 11 is 7.11. The fourth-order valence-electron chi connectivity index (χ4n) is 1.83. The standard InChI is InChI=1S/C11H13N3S2/c12-8-9-10(2-3-13-11(9)15)14-4-1-6-16-7-5-14/h2-3H,1,4-7H2,(H,13,15). The summed E-state index contributed by atoms with van der Waals surface area (Å²) in [6.07, 6.45) is 2.98. The van der Waals surface area contributed by atoms with Crippen molar-refractivity contribution in [1.29, 1.82) is 5.26 Å². The highest BCUT2D eigenvalue weighted by Gasteiger charge is 2.14. The maximum atomic E-state index is 9.13. The summed E-state index contributed by atoms with van der Waals surface area (Å²) in [5, 5.41) is 9.13. The Bertz CT molecular complexity index is 453. The van der Waals surface area contributed by atoms with Crippen molar-refractivity contribution in [3.8, 4) is 6.07 Å². The van der Waals surface area contributed by atoms with E-state index in [0.717, 1.165) is 24.5 Å². The van der Waals surface area contributed by atoms with Crippen molar-refractivity contribution in [2.24, 2.45) is 0 Å². The van der Waals surface area contributed by atoms with Crippen LogP contribution in [0.25, 0.3) is 0 Å². The predicted molar refractivity (Wildman–Crippen MR) is 70.5 cm³/mol. The summed E-state index contributed by atoms with van der Waals surface area (Å²) in [5.41, 5.74) is 1.58. The lowest BCUT2D eigenvalue weighted by Crippen LogP contribution is -2.26. The molecule has 3 nitrogen and oxygen atoms in total. The number of hydrogen-bond donors (Lipinski definition) is 1. The van der Waals surface area contributed by atoms with Crippen LogP contribution in [-0.2, 0) is 0 Å². The first kappa shape index (κ1) is 11.5. The number of H-pyrrole nitrogens is 1. The highest BCUT2D eigenvalue weighted by molar-refractivity contribution is 7.99. The van der Waals surface area contributed by atoms with Crippen LogP contribution in [0.5, 0.6) is 0 Å². The van der Waals surface area contributed by atoms with Gasteiger partial charge in [0.2, 0.25) is 0 Å². The van der Waals surface area contributed by atoms with Crippen LogP contribution >= 0.6 is 24.0 Å². The van der Waals surface area contributed by atoms with Gasteiger partial charge in [-0.2, -0.15) is 17.0 Å². The van der Waals surface area contributed by atoms with Crippen LogP contribution in [0.15, 0.2) is 12.3 Å². The lowest BCUT2D eigenvalue weighted by Gasteiger charge is -2.23. The van der Waals surface area contributed by atoms with E-state index in [1.165, 1.54) is 12.2 Å². The average molecular weight is 251 g/mol. The third-order valence-corrected chi connectivity index (χ3v) is 3.98. The van der Waals surface area contributed by atoms with Gasteiger partial charge in [-0.25, -0.2) is 0 Å². The molecular weight excluding hydrogens is 238 g/mol. The number of thioether (sulfide) groups is 1. The molecule has 2 rings (SSSR count). The number of pyridine rings is 1. The molecule has 1 saturated heterocycles. The van der Waals surface area contributed by atoms with E-state index in [2.05, 4.69) is 16.0 Å². The number of rotatable bonds is 1. The Morgan fingerprint density at radius 2 is 2.31 bits per heavy atom. The molecule has 1 aliphatic heterocycles. The molecule has 1 aromatic rings. The summed E-state index contributed by atoms with van der Waals surface area (Å²) in [6.45, 7) is 2.01. The second kappa shape index (κ2) is 5.37. The van der Waals surface area contributed by atoms with Gasteiger partial charge in [0.25, 0.3) is 0 Å². The normalized spacial score (nSPS) is 16.6. The van der Waals surface area contributed by atoms with Gasteiger partial charge in [-0.1, -0.05) is 12.2 Å². The van der Waals surface area contributed by atoms with Gasteiger partial charge in [-0.15, -0.1) is 0 Å². The molecule has 0 aliphatic carbocycles. The van der Waals surface area contributed by atoms with Crippen molar-refractivity contribution in [3.05, 3.63) is 22.5 Å². The van der Waals surface area contributed by atoms with Gasteiger partial charge in [0.15, 0.2) is 0 Å². The fourth-order valence-corrected chi connectivity index (χ4v) is 2.93. The number of hydrogen-bond acceptors (Lipinski definition) is 4. The van der Waals surface area contributed by atoms with E-state index < -0.39 is 0 Å².